The number of nitrogens with one attached hydrogen (secondary N) is 1. The minimum absolute atomic E-state index is 0.521. The van der Waals surface area contributed by atoms with Crippen molar-refractivity contribution in [3.05, 3.63) is 41.7 Å². The number of rotatable bonds is 5. The zero-order chi connectivity index (χ0) is 14.7. The lowest BCUT2D eigenvalue weighted by Gasteiger charge is -2.03. The highest BCUT2D eigenvalue weighted by Crippen LogP contribution is 2.20. The van der Waals surface area contributed by atoms with Crippen molar-refractivity contribution >= 4 is 12.2 Å². The van der Waals surface area contributed by atoms with Gasteiger partial charge in [0.15, 0.2) is 10.6 Å². The van der Waals surface area contributed by atoms with Gasteiger partial charge in [0.05, 0.1) is 25.0 Å². The summed E-state index contributed by atoms with van der Waals surface area (Å²) in [5, 5.41) is 11.4. The van der Waals surface area contributed by atoms with E-state index in [9.17, 15) is 0 Å². The molecule has 0 aliphatic carbocycles. The van der Waals surface area contributed by atoms with Gasteiger partial charge in [-0.3, -0.25) is 19.3 Å². The first-order valence-corrected chi connectivity index (χ1v) is 6.80. The van der Waals surface area contributed by atoms with Crippen molar-refractivity contribution < 1.29 is 4.74 Å². The Morgan fingerprint density at radius 2 is 2.14 bits per heavy atom. The molecule has 0 saturated carbocycles. The number of aromatic nitrogens is 6. The Balaban J connectivity index is 2.01. The number of methoxy groups -OCH3 is 1. The van der Waals surface area contributed by atoms with Gasteiger partial charge >= 0.3 is 0 Å². The van der Waals surface area contributed by atoms with Crippen molar-refractivity contribution in [1.82, 2.24) is 29.5 Å². The van der Waals surface area contributed by atoms with Crippen LogP contribution in [-0.4, -0.2) is 43.2 Å². The molecule has 0 aliphatic heterocycles. The summed E-state index contributed by atoms with van der Waals surface area (Å²) < 4.78 is 9.23. The molecule has 3 aromatic heterocycles. The van der Waals surface area contributed by atoms with Crippen molar-refractivity contribution in [3.63, 3.8) is 0 Å². The van der Waals surface area contributed by atoms with Gasteiger partial charge in [-0.05, 0) is 24.4 Å². The maximum atomic E-state index is 5.32. The Kier molecular flexibility index (Phi) is 3.89. The van der Waals surface area contributed by atoms with Crippen LogP contribution in [0.4, 0.5) is 0 Å². The van der Waals surface area contributed by atoms with E-state index in [1.54, 1.807) is 25.7 Å². The lowest BCUT2D eigenvalue weighted by atomic mass is 10.2. The SMILES string of the molecule is COCCn1cc(-n2c(-c3ccncc3)n[nH]c2=S)cn1. The molecule has 8 heteroatoms. The Labute approximate surface area is 126 Å². The van der Waals surface area contributed by atoms with Gasteiger partial charge in [-0.2, -0.15) is 10.2 Å². The maximum Gasteiger partial charge on any atom is 0.200 e. The molecule has 0 unspecified atom stereocenters. The van der Waals surface area contributed by atoms with Crippen LogP contribution in [0, 0.1) is 4.77 Å². The molecule has 21 heavy (non-hydrogen) atoms. The van der Waals surface area contributed by atoms with Crippen molar-refractivity contribution in [2.24, 2.45) is 0 Å². The summed E-state index contributed by atoms with van der Waals surface area (Å²) >= 11 is 5.32. The fraction of sp³-hybridized carbons (Fsp3) is 0.231. The summed E-state index contributed by atoms with van der Waals surface area (Å²) in [4.78, 5) is 4.01. The van der Waals surface area contributed by atoms with Gasteiger partial charge < -0.3 is 4.74 Å². The first kappa shape index (κ1) is 13.7. The Morgan fingerprint density at radius 1 is 1.33 bits per heavy atom. The van der Waals surface area contributed by atoms with Gasteiger partial charge in [0.2, 0.25) is 0 Å². The van der Waals surface area contributed by atoms with Crippen LogP contribution in [0.3, 0.4) is 0 Å². The van der Waals surface area contributed by atoms with E-state index in [1.807, 2.05) is 27.6 Å². The molecule has 0 atom stereocenters. The van der Waals surface area contributed by atoms with E-state index in [1.165, 1.54) is 0 Å². The minimum atomic E-state index is 0.521. The molecule has 7 nitrogen and oxygen atoms in total. The smallest absolute Gasteiger partial charge is 0.200 e. The molecule has 108 valence electrons. The molecule has 3 heterocycles. The predicted octanol–water partition coefficient (Wildman–Crippen LogP) is 1.83. The number of hydrogen-bond acceptors (Lipinski definition) is 5. The second kappa shape index (κ2) is 5.98. The predicted molar refractivity (Wildman–Crippen MR) is 79.6 cm³/mol. The molecular formula is C13H14N6OS. The van der Waals surface area contributed by atoms with E-state index in [0.29, 0.717) is 17.9 Å². The first-order valence-electron chi connectivity index (χ1n) is 6.39. The Hall–Kier alpha value is -2.32. The third-order valence-corrected chi connectivity index (χ3v) is 3.29. The summed E-state index contributed by atoms with van der Waals surface area (Å²) in [6, 6.07) is 3.77. The van der Waals surface area contributed by atoms with Crippen molar-refractivity contribution in [2.45, 2.75) is 6.54 Å². The quantitative estimate of drug-likeness (QED) is 0.728. The van der Waals surface area contributed by atoms with Gasteiger partial charge in [-0.15, -0.1) is 0 Å². The van der Waals surface area contributed by atoms with E-state index < -0.39 is 0 Å². The van der Waals surface area contributed by atoms with Crippen LogP contribution < -0.4 is 0 Å². The summed E-state index contributed by atoms with van der Waals surface area (Å²) in [5.41, 5.74) is 1.79. The largest absolute Gasteiger partial charge is 0.383 e. The molecule has 0 aromatic carbocycles. The number of aromatic amines is 1. The third-order valence-electron chi connectivity index (χ3n) is 3.01. The lowest BCUT2D eigenvalue weighted by molar-refractivity contribution is 0.183. The second-order valence-corrected chi connectivity index (χ2v) is 4.76. The molecule has 3 aromatic rings. The topological polar surface area (TPSA) is 73.6 Å². The molecule has 3 rings (SSSR count). The van der Waals surface area contributed by atoms with Crippen LogP contribution >= 0.6 is 12.2 Å². The van der Waals surface area contributed by atoms with Gasteiger partial charge in [0, 0.05) is 31.3 Å². The molecule has 0 aliphatic rings. The van der Waals surface area contributed by atoms with E-state index in [-0.39, 0.29) is 0 Å². The molecule has 0 spiro atoms. The van der Waals surface area contributed by atoms with Gasteiger partial charge in [-0.25, -0.2) is 0 Å². The Morgan fingerprint density at radius 3 is 2.90 bits per heavy atom. The average Bonchev–Trinajstić information content (AvgIpc) is 3.12. The summed E-state index contributed by atoms with van der Waals surface area (Å²) in [6.45, 7) is 1.29. The number of ether oxygens (including phenoxy) is 1. The highest BCUT2D eigenvalue weighted by molar-refractivity contribution is 7.71. The Bertz CT molecular complexity index is 775. The minimum Gasteiger partial charge on any atom is -0.383 e. The van der Waals surface area contributed by atoms with E-state index in [4.69, 9.17) is 17.0 Å². The zero-order valence-corrected chi connectivity index (χ0v) is 12.2. The number of H-pyrrole nitrogens is 1. The number of hydrogen-bond donors (Lipinski definition) is 1. The van der Waals surface area contributed by atoms with Gasteiger partial charge in [0.25, 0.3) is 0 Å². The second-order valence-electron chi connectivity index (χ2n) is 4.38. The van der Waals surface area contributed by atoms with Crippen molar-refractivity contribution in [3.8, 4) is 17.1 Å². The molecule has 0 radical (unpaired) electrons. The molecular weight excluding hydrogens is 288 g/mol. The van der Waals surface area contributed by atoms with Crippen LogP contribution in [0.1, 0.15) is 0 Å². The van der Waals surface area contributed by atoms with Gasteiger partial charge in [0.1, 0.15) is 0 Å². The van der Waals surface area contributed by atoms with Crippen molar-refractivity contribution in [2.75, 3.05) is 13.7 Å². The van der Waals surface area contributed by atoms with Crippen LogP contribution in [0.15, 0.2) is 36.9 Å². The monoisotopic (exact) mass is 302 g/mol. The first-order chi connectivity index (χ1) is 10.3. The highest BCUT2D eigenvalue weighted by atomic mass is 32.1. The standard InChI is InChI=1S/C13H14N6OS/c1-20-7-6-18-9-11(8-15-18)19-12(16-17-13(19)21)10-2-4-14-5-3-10/h2-5,8-9H,6-7H2,1H3,(H,17,21). The fourth-order valence-electron chi connectivity index (χ4n) is 2.01. The zero-order valence-electron chi connectivity index (χ0n) is 11.4. The molecule has 0 amide bonds. The van der Waals surface area contributed by atoms with E-state index >= 15 is 0 Å². The highest BCUT2D eigenvalue weighted by Gasteiger charge is 2.12. The number of pyridine rings is 1. The van der Waals surface area contributed by atoms with E-state index in [0.717, 1.165) is 17.1 Å². The normalized spacial score (nSPS) is 10.9. The molecule has 0 bridgehead atoms. The number of nitrogens with zero attached hydrogens (tertiary/aromatic N) is 5. The third kappa shape index (κ3) is 2.76. The maximum absolute atomic E-state index is 5.32. The van der Waals surface area contributed by atoms with Crippen LogP contribution in [0.2, 0.25) is 0 Å². The van der Waals surface area contributed by atoms with Crippen molar-refractivity contribution in [1.29, 1.82) is 0 Å². The lowest BCUT2D eigenvalue weighted by Crippen LogP contribution is -2.04. The van der Waals surface area contributed by atoms with E-state index in [2.05, 4.69) is 20.3 Å². The summed E-state index contributed by atoms with van der Waals surface area (Å²) in [5.74, 6) is 0.730. The fourth-order valence-corrected chi connectivity index (χ4v) is 2.24. The van der Waals surface area contributed by atoms with Crippen LogP contribution in [-0.2, 0) is 11.3 Å². The molecule has 0 fully saturated rings. The summed E-state index contributed by atoms with van der Waals surface area (Å²) in [6.07, 6.45) is 7.11. The average molecular weight is 302 g/mol. The van der Waals surface area contributed by atoms with Crippen LogP contribution in [0.25, 0.3) is 17.1 Å². The molecule has 0 saturated heterocycles. The van der Waals surface area contributed by atoms with Gasteiger partial charge in [-0.1, -0.05) is 0 Å². The van der Waals surface area contributed by atoms with Crippen LogP contribution in [0.5, 0.6) is 0 Å². The summed E-state index contributed by atoms with van der Waals surface area (Å²) in [7, 11) is 1.66. The molecule has 1 N–H and O–H groups in total.